The van der Waals surface area contributed by atoms with Gasteiger partial charge in [0.2, 0.25) is 5.95 Å². The Morgan fingerprint density at radius 2 is 1.83 bits per heavy atom. The van der Waals surface area contributed by atoms with Crippen molar-refractivity contribution in [3.05, 3.63) is 66.2 Å². The molecule has 0 aliphatic carbocycles. The second-order valence-electron chi connectivity index (χ2n) is 5.17. The fraction of sp³-hybridized carbons (Fsp3) is 0.188. The van der Waals surface area contributed by atoms with Crippen LogP contribution in [0.4, 0.5) is 19.1 Å². The molecule has 0 aliphatic heterocycles. The summed E-state index contributed by atoms with van der Waals surface area (Å²) < 4.78 is 39.8. The van der Waals surface area contributed by atoms with E-state index in [9.17, 15) is 13.2 Å². The van der Waals surface area contributed by atoms with E-state index in [0.29, 0.717) is 0 Å². The minimum absolute atomic E-state index is 0.0616. The maximum absolute atomic E-state index is 12.7. The van der Waals surface area contributed by atoms with Gasteiger partial charge in [0.25, 0.3) is 0 Å². The fourth-order valence-corrected chi connectivity index (χ4v) is 2.20. The van der Waals surface area contributed by atoms with Gasteiger partial charge in [-0.3, -0.25) is 0 Å². The third-order valence-corrected chi connectivity index (χ3v) is 3.45. The van der Waals surface area contributed by atoms with E-state index in [2.05, 4.69) is 20.4 Å². The van der Waals surface area contributed by atoms with Gasteiger partial charge in [0.05, 0.1) is 11.7 Å². The number of rotatable bonds is 4. The zero-order chi connectivity index (χ0) is 17.2. The molecule has 1 N–H and O–H groups in total. The summed E-state index contributed by atoms with van der Waals surface area (Å²) in [5, 5.41) is 7.02. The predicted molar refractivity (Wildman–Crippen MR) is 82.6 cm³/mol. The Balaban J connectivity index is 1.74. The molecule has 1 atom stereocenters. The molecule has 2 heterocycles. The molecule has 3 aromatic rings. The first kappa shape index (κ1) is 16.0. The van der Waals surface area contributed by atoms with E-state index in [1.165, 1.54) is 0 Å². The number of halogens is 3. The van der Waals surface area contributed by atoms with Crippen molar-refractivity contribution in [2.75, 3.05) is 5.32 Å². The standard InChI is InChI=1S/C16H14F3N5/c1-11(22-15-20-9-7-14(23-15)16(17,18)19)12-3-5-13(6-4-12)24-10-2-8-21-24/h2-11H,1H3,(H,20,22,23). The number of nitrogens with zero attached hydrogens (tertiary/aromatic N) is 4. The number of benzene rings is 1. The van der Waals surface area contributed by atoms with Crippen LogP contribution in [0.1, 0.15) is 24.2 Å². The Labute approximate surface area is 136 Å². The summed E-state index contributed by atoms with van der Waals surface area (Å²) >= 11 is 0. The molecule has 0 bridgehead atoms. The van der Waals surface area contributed by atoms with Crippen LogP contribution in [0, 0.1) is 0 Å². The number of nitrogens with one attached hydrogen (secondary N) is 1. The Morgan fingerprint density at radius 3 is 2.46 bits per heavy atom. The van der Waals surface area contributed by atoms with E-state index in [1.54, 1.807) is 10.9 Å². The summed E-state index contributed by atoms with van der Waals surface area (Å²) in [7, 11) is 0. The first-order chi connectivity index (χ1) is 11.4. The second-order valence-corrected chi connectivity index (χ2v) is 5.17. The zero-order valence-electron chi connectivity index (χ0n) is 12.7. The van der Waals surface area contributed by atoms with Crippen molar-refractivity contribution in [3.8, 4) is 5.69 Å². The Morgan fingerprint density at radius 1 is 1.08 bits per heavy atom. The number of anilines is 1. The maximum atomic E-state index is 12.7. The van der Waals surface area contributed by atoms with E-state index in [0.717, 1.165) is 23.5 Å². The number of alkyl halides is 3. The summed E-state index contributed by atoms with van der Waals surface area (Å²) in [6.07, 6.45) is 0.107. The minimum Gasteiger partial charge on any atom is -0.348 e. The summed E-state index contributed by atoms with van der Waals surface area (Å²) in [4.78, 5) is 7.35. The van der Waals surface area contributed by atoms with Crippen LogP contribution in [0.3, 0.4) is 0 Å². The summed E-state index contributed by atoms with van der Waals surface area (Å²) in [6.45, 7) is 1.83. The molecular formula is C16H14F3N5. The van der Waals surface area contributed by atoms with Crippen molar-refractivity contribution in [1.82, 2.24) is 19.7 Å². The Kier molecular flexibility index (Phi) is 4.20. The highest BCUT2D eigenvalue weighted by Crippen LogP contribution is 2.28. The lowest BCUT2D eigenvalue weighted by Crippen LogP contribution is -2.13. The zero-order valence-corrected chi connectivity index (χ0v) is 12.7. The first-order valence-electron chi connectivity index (χ1n) is 7.20. The van der Waals surface area contributed by atoms with E-state index < -0.39 is 11.9 Å². The summed E-state index contributed by atoms with van der Waals surface area (Å²) in [5.74, 6) is -0.0616. The van der Waals surface area contributed by atoms with Crippen molar-refractivity contribution in [3.63, 3.8) is 0 Å². The van der Waals surface area contributed by atoms with Gasteiger partial charge >= 0.3 is 6.18 Å². The van der Waals surface area contributed by atoms with Gasteiger partial charge in [0, 0.05) is 18.6 Å². The van der Waals surface area contributed by atoms with Crippen molar-refractivity contribution in [2.45, 2.75) is 19.1 Å². The van der Waals surface area contributed by atoms with Crippen molar-refractivity contribution >= 4 is 5.95 Å². The summed E-state index contributed by atoms with van der Waals surface area (Å²) in [6, 6.07) is 9.93. The second kappa shape index (κ2) is 6.31. The van der Waals surface area contributed by atoms with Gasteiger partial charge in [-0.2, -0.15) is 18.3 Å². The van der Waals surface area contributed by atoms with Crippen molar-refractivity contribution in [1.29, 1.82) is 0 Å². The molecule has 2 aromatic heterocycles. The highest BCUT2D eigenvalue weighted by atomic mass is 19.4. The Bertz CT molecular complexity index is 797. The maximum Gasteiger partial charge on any atom is 0.433 e. The third-order valence-electron chi connectivity index (χ3n) is 3.45. The van der Waals surface area contributed by atoms with Gasteiger partial charge in [-0.05, 0) is 36.8 Å². The first-order valence-corrected chi connectivity index (χ1v) is 7.20. The molecule has 24 heavy (non-hydrogen) atoms. The van der Waals surface area contributed by atoms with E-state index >= 15 is 0 Å². The van der Waals surface area contributed by atoms with E-state index in [4.69, 9.17) is 0 Å². The smallest absolute Gasteiger partial charge is 0.348 e. The molecule has 0 spiro atoms. The van der Waals surface area contributed by atoms with Crippen LogP contribution in [0.15, 0.2) is 55.0 Å². The van der Waals surface area contributed by atoms with Crippen molar-refractivity contribution < 1.29 is 13.2 Å². The highest BCUT2D eigenvalue weighted by Gasteiger charge is 2.32. The minimum atomic E-state index is -4.49. The van der Waals surface area contributed by atoms with Crippen LogP contribution in [-0.2, 0) is 6.18 Å². The molecule has 1 unspecified atom stereocenters. The van der Waals surface area contributed by atoms with Gasteiger partial charge < -0.3 is 5.32 Å². The molecule has 124 valence electrons. The van der Waals surface area contributed by atoms with Gasteiger partial charge in [-0.25, -0.2) is 14.6 Å². The van der Waals surface area contributed by atoms with Crippen LogP contribution in [-0.4, -0.2) is 19.7 Å². The van der Waals surface area contributed by atoms with E-state index in [-0.39, 0.29) is 12.0 Å². The molecule has 0 radical (unpaired) electrons. The number of aromatic nitrogens is 4. The molecule has 0 amide bonds. The van der Waals surface area contributed by atoms with Crippen LogP contribution < -0.4 is 5.32 Å². The number of hydrogen-bond donors (Lipinski definition) is 1. The van der Waals surface area contributed by atoms with Gasteiger partial charge in [0.1, 0.15) is 5.69 Å². The largest absolute Gasteiger partial charge is 0.433 e. The lowest BCUT2D eigenvalue weighted by Gasteiger charge is -2.15. The molecule has 5 nitrogen and oxygen atoms in total. The predicted octanol–water partition coefficient (Wildman–Crippen LogP) is 3.85. The quantitative estimate of drug-likeness (QED) is 0.788. The monoisotopic (exact) mass is 333 g/mol. The molecule has 8 heteroatoms. The molecule has 0 saturated heterocycles. The SMILES string of the molecule is CC(Nc1nccc(C(F)(F)F)n1)c1ccc(-n2cccn2)cc1. The fourth-order valence-electron chi connectivity index (χ4n) is 2.20. The average molecular weight is 333 g/mol. The van der Waals surface area contributed by atoms with Crippen LogP contribution in [0.2, 0.25) is 0 Å². The van der Waals surface area contributed by atoms with Gasteiger partial charge in [0.15, 0.2) is 0 Å². The van der Waals surface area contributed by atoms with Crippen LogP contribution in [0.25, 0.3) is 5.69 Å². The third kappa shape index (κ3) is 3.53. The lowest BCUT2D eigenvalue weighted by atomic mass is 10.1. The Hall–Kier alpha value is -2.90. The highest BCUT2D eigenvalue weighted by molar-refractivity contribution is 5.38. The molecular weight excluding hydrogens is 319 g/mol. The average Bonchev–Trinajstić information content (AvgIpc) is 3.09. The van der Waals surface area contributed by atoms with Gasteiger partial charge in [-0.15, -0.1) is 0 Å². The molecule has 0 aliphatic rings. The normalized spacial score (nSPS) is 12.8. The van der Waals surface area contributed by atoms with E-state index in [1.807, 2.05) is 43.5 Å². The molecule has 0 fully saturated rings. The van der Waals surface area contributed by atoms with Gasteiger partial charge in [-0.1, -0.05) is 12.1 Å². The molecule has 3 rings (SSSR count). The lowest BCUT2D eigenvalue weighted by molar-refractivity contribution is -0.141. The molecule has 0 saturated carbocycles. The van der Waals surface area contributed by atoms with Crippen LogP contribution >= 0.6 is 0 Å². The number of hydrogen-bond acceptors (Lipinski definition) is 4. The van der Waals surface area contributed by atoms with Crippen LogP contribution in [0.5, 0.6) is 0 Å². The topological polar surface area (TPSA) is 55.6 Å². The molecule has 1 aromatic carbocycles. The summed E-state index contributed by atoms with van der Waals surface area (Å²) in [5.41, 5.74) is 0.819. The van der Waals surface area contributed by atoms with Crippen molar-refractivity contribution in [2.24, 2.45) is 0 Å².